The van der Waals surface area contributed by atoms with E-state index in [4.69, 9.17) is 16.1 Å². The molecule has 2 aliphatic heterocycles. The Balaban J connectivity index is 1.23. The Hall–Kier alpha value is -3.53. The fraction of sp³-hybridized carbons (Fsp3) is 0.200. The SMILES string of the molecule is C=C(SCC(=O)N1CCc2c1cc(O)c1ccccc21)C(=O)N1CC(CCl)c2c1cc(OP(=O)(O)O)c1ccccc21. The molecule has 12 heteroatoms. The van der Waals surface area contributed by atoms with Gasteiger partial charge in [0.05, 0.1) is 22.0 Å². The molecule has 0 radical (unpaired) electrons. The average Bonchev–Trinajstić information content (AvgIpc) is 3.56. The summed E-state index contributed by atoms with van der Waals surface area (Å²) in [7, 11) is -4.88. The third kappa shape index (κ3) is 5.03. The van der Waals surface area contributed by atoms with Gasteiger partial charge in [-0.2, -0.15) is 0 Å². The van der Waals surface area contributed by atoms with Gasteiger partial charge < -0.3 is 19.4 Å². The number of halogens is 1. The highest BCUT2D eigenvalue weighted by molar-refractivity contribution is 8.04. The largest absolute Gasteiger partial charge is 0.524 e. The lowest BCUT2D eigenvalue weighted by atomic mass is 9.95. The standard InChI is InChI=1S/C30H26ClN2O7PS/c1-17(42-16-28(35)32-11-10-20-19-6-2-3-7-21(19)26(34)12-24(20)32)30(36)33-15-18(14-31)29-23-9-5-4-8-22(23)27(13-25(29)33)40-41(37,38)39/h2-9,12-13,18,34H,1,10-11,14-16H2,(H2,37,38,39). The van der Waals surface area contributed by atoms with Crippen LogP contribution in [-0.4, -0.2) is 51.4 Å². The van der Waals surface area contributed by atoms with E-state index in [1.165, 1.54) is 11.0 Å². The molecule has 4 aromatic rings. The monoisotopic (exact) mass is 624 g/mol. The van der Waals surface area contributed by atoms with Crippen LogP contribution in [0.3, 0.4) is 0 Å². The van der Waals surface area contributed by atoms with Gasteiger partial charge in [0.1, 0.15) is 11.5 Å². The third-order valence-corrected chi connectivity index (χ3v) is 9.40. The Morgan fingerprint density at radius 1 is 1.00 bits per heavy atom. The molecule has 0 spiro atoms. The number of hydrogen-bond donors (Lipinski definition) is 3. The van der Waals surface area contributed by atoms with Crippen LogP contribution in [0.25, 0.3) is 21.5 Å². The van der Waals surface area contributed by atoms with E-state index < -0.39 is 13.7 Å². The number of aromatic hydroxyl groups is 1. The van der Waals surface area contributed by atoms with E-state index in [1.807, 2.05) is 24.3 Å². The Kier molecular flexibility index (Phi) is 7.45. The van der Waals surface area contributed by atoms with Crippen LogP contribution in [0, 0.1) is 0 Å². The van der Waals surface area contributed by atoms with Crippen molar-refractivity contribution in [1.29, 1.82) is 0 Å². The molecule has 0 saturated carbocycles. The second-order valence-electron chi connectivity index (χ2n) is 10.1. The molecular weight excluding hydrogens is 599 g/mol. The molecule has 0 aliphatic carbocycles. The fourth-order valence-electron chi connectivity index (χ4n) is 5.88. The van der Waals surface area contributed by atoms with Gasteiger partial charge in [0.2, 0.25) is 5.91 Å². The molecule has 3 N–H and O–H groups in total. The molecule has 0 bridgehead atoms. The number of alkyl halides is 1. The van der Waals surface area contributed by atoms with Crippen LogP contribution < -0.4 is 14.3 Å². The maximum atomic E-state index is 13.6. The predicted octanol–water partition coefficient (Wildman–Crippen LogP) is 5.68. The summed E-state index contributed by atoms with van der Waals surface area (Å²) in [5, 5.41) is 13.4. The molecule has 1 atom stereocenters. The van der Waals surface area contributed by atoms with E-state index in [9.17, 15) is 29.0 Å². The van der Waals surface area contributed by atoms with Crippen LogP contribution in [0.1, 0.15) is 17.0 Å². The summed E-state index contributed by atoms with van der Waals surface area (Å²) in [4.78, 5) is 49.1. The topological polar surface area (TPSA) is 128 Å². The number of nitrogens with zero attached hydrogens (tertiary/aromatic N) is 2. The van der Waals surface area contributed by atoms with Crippen LogP contribution in [0.2, 0.25) is 0 Å². The van der Waals surface area contributed by atoms with Gasteiger partial charge in [-0.3, -0.25) is 19.4 Å². The number of anilines is 2. The van der Waals surface area contributed by atoms with Gasteiger partial charge >= 0.3 is 7.82 Å². The van der Waals surface area contributed by atoms with E-state index in [2.05, 4.69) is 6.58 Å². The summed E-state index contributed by atoms with van der Waals surface area (Å²) in [5.41, 5.74) is 2.87. The van der Waals surface area contributed by atoms with E-state index in [-0.39, 0.29) is 46.4 Å². The van der Waals surface area contributed by atoms with Crippen molar-refractivity contribution in [1.82, 2.24) is 0 Å². The van der Waals surface area contributed by atoms with Crippen molar-refractivity contribution in [2.24, 2.45) is 0 Å². The molecule has 6 rings (SSSR count). The van der Waals surface area contributed by atoms with Gasteiger partial charge in [0, 0.05) is 47.8 Å². The summed E-state index contributed by atoms with van der Waals surface area (Å²) >= 11 is 7.33. The second-order valence-corrected chi connectivity index (χ2v) is 12.7. The Labute approximate surface area is 250 Å². The Morgan fingerprint density at radius 2 is 1.67 bits per heavy atom. The first-order chi connectivity index (χ1) is 20.1. The number of amides is 2. The van der Waals surface area contributed by atoms with Crippen LogP contribution in [-0.2, 0) is 20.6 Å². The molecule has 1 unspecified atom stereocenters. The van der Waals surface area contributed by atoms with Crippen molar-refractivity contribution in [3.63, 3.8) is 0 Å². The smallest absolute Gasteiger partial charge is 0.507 e. The zero-order valence-corrected chi connectivity index (χ0v) is 24.7. The van der Waals surface area contributed by atoms with Crippen LogP contribution >= 0.6 is 31.2 Å². The third-order valence-electron chi connectivity index (χ3n) is 7.67. The number of carbonyl (C=O) groups excluding carboxylic acids is 2. The van der Waals surface area contributed by atoms with E-state index in [1.54, 1.807) is 35.2 Å². The minimum atomic E-state index is -4.88. The first-order valence-electron chi connectivity index (χ1n) is 13.1. The lowest BCUT2D eigenvalue weighted by Gasteiger charge is -2.21. The highest BCUT2D eigenvalue weighted by Crippen LogP contribution is 2.49. The van der Waals surface area contributed by atoms with Crippen molar-refractivity contribution >= 4 is 75.9 Å². The van der Waals surface area contributed by atoms with Gasteiger partial charge in [0.25, 0.3) is 5.91 Å². The van der Waals surface area contributed by atoms with Crippen molar-refractivity contribution < 1.29 is 33.6 Å². The summed E-state index contributed by atoms with van der Waals surface area (Å²) < 4.78 is 16.7. The number of phenols is 1. The first kappa shape index (κ1) is 28.6. The van der Waals surface area contributed by atoms with Crippen molar-refractivity contribution in [3.8, 4) is 11.5 Å². The van der Waals surface area contributed by atoms with Crippen LogP contribution in [0.4, 0.5) is 11.4 Å². The predicted molar refractivity (Wildman–Crippen MR) is 166 cm³/mol. The molecule has 0 aromatic heterocycles. The van der Waals surface area contributed by atoms with Gasteiger partial charge in [-0.1, -0.05) is 55.1 Å². The maximum absolute atomic E-state index is 13.6. The molecule has 2 aliphatic rings. The molecule has 9 nitrogen and oxygen atoms in total. The number of hydrogen-bond acceptors (Lipinski definition) is 6. The molecule has 0 saturated heterocycles. The van der Waals surface area contributed by atoms with Gasteiger partial charge in [-0.15, -0.1) is 23.4 Å². The Bertz CT molecular complexity index is 1840. The number of thioether (sulfide) groups is 1. The number of phosphoric acid groups is 1. The zero-order valence-electron chi connectivity index (χ0n) is 22.2. The van der Waals surface area contributed by atoms with E-state index >= 15 is 0 Å². The molecule has 0 fully saturated rings. The van der Waals surface area contributed by atoms with Crippen molar-refractivity contribution in [3.05, 3.63) is 83.3 Å². The second kappa shape index (κ2) is 10.9. The minimum absolute atomic E-state index is 0.0402. The normalized spacial score (nSPS) is 16.1. The van der Waals surface area contributed by atoms with E-state index in [0.29, 0.717) is 35.1 Å². The highest BCUT2D eigenvalue weighted by Gasteiger charge is 2.36. The number of carbonyl (C=O) groups is 2. The number of rotatable bonds is 7. The van der Waals surface area contributed by atoms with Crippen LogP contribution in [0.15, 0.2) is 72.1 Å². The lowest BCUT2D eigenvalue weighted by molar-refractivity contribution is -0.116. The molecular formula is C30H26ClN2O7PS. The summed E-state index contributed by atoms with van der Waals surface area (Å²) in [6.45, 7) is 4.64. The van der Waals surface area contributed by atoms with Gasteiger partial charge in [-0.25, -0.2) is 4.57 Å². The first-order valence-corrected chi connectivity index (χ1v) is 16.2. The number of fused-ring (bicyclic) bond motifs is 6. The number of phosphoric ester groups is 1. The van der Waals surface area contributed by atoms with Crippen molar-refractivity contribution in [2.45, 2.75) is 12.3 Å². The maximum Gasteiger partial charge on any atom is 0.524 e. The van der Waals surface area contributed by atoms with E-state index in [0.717, 1.165) is 33.7 Å². The zero-order chi connectivity index (χ0) is 29.8. The summed E-state index contributed by atoms with van der Waals surface area (Å²) in [6.07, 6.45) is 0.657. The molecule has 4 aromatic carbocycles. The minimum Gasteiger partial charge on any atom is -0.507 e. The van der Waals surface area contributed by atoms with Crippen LogP contribution in [0.5, 0.6) is 11.5 Å². The Morgan fingerprint density at radius 3 is 2.36 bits per heavy atom. The van der Waals surface area contributed by atoms with Gasteiger partial charge in [-0.05, 0) is 28.3 Å². The lowest BCUT2D eigenvalue weighted by Crippen LogP contribution is -2.32. The van der Waals surface area contributed by atoms with Crippen molar-refractivity contribution in [2.75, 3.05) is 34.5 Å². The summed E-state index contributed by atoms with van der Waals surface area (Å²) in [5.74, 6) is -0.664. The molecule has 2 heterocycles. The number of phenolic OH excluding ortho intramolecular Hbond substituents is 1. The molecule has 42 heavy (non-hydrogen) atoms. The highest BCUT2D eigenvalue weighted by atomic mass is 35.5. The average molecular weight is 625 g/mol. The molecule has 216 valence electrons. The fourth-order valence-corrected chi connectivity index (χ4v) is 7.23. The number of benzene rings is 4. The summed E-state index contributed by atoms with van der Waals surface area (Å²) in [6, 6.07) is 17.6. The van der Waals surface area contributed by atoms with Gasteiger partial charge in [0.15, 0.2) is 0 Å². The quantitative estimate of drug-likeness (QED) is 0.136. The molecule has 2 amide bonds.